The topological polar surface area (TPSA) is 135 Å². The predicted octanol–water partition coefficient (Wildman–Crippen LogP) is 2.96. The van der Waals surface area contributed by atoms with Crippen molar-refractivity contribution in [2.45, 2.75) is 11.8 Å². The number of aromatic amines is 1. The predicted molar refractivity (Wildman–Crippen MR) is 113 cm³/mol. The number of para-hydroxylation sites is 1. The van der Waals surface area contributed by atoms with Crippen LogP contribution >= 0.6 is 0 Å². The Morgan fingerprint density at radius 3 is 2.47 bits per heavy atom. The Morgan fingerprint density at radius 1 is 0.967 bits per heavy atom. The van der Waals surface area contributed by atoms with Crippen molar-refractivity contribution < 1.29 is 13.2 Å². The summed E-state index contributed by atoms with van der Waals surface area (Å²) in [6, 6.07) is 11.8. The van der Waals surface area contributed by atoms with Crippen molar-refractivity contribution in [2.75, 3.05) is 24.0 Å². The summed E-state index contributed by atoms with van der Waals surface area (Å²) in [7, 11) is -1.91. The van der Waals surface area contributed by atoms with Gasteiger partial charge < -0.3 is 20.4 Å². The van der Waals surface area contributed by atoms with Gasteiger partial charge in [0.25, 0.3) is 0 Å². The van der Waals surface area contributed by atoms with Crippen molar-refractivity contribution >= 4 is 44.0 Å². The van der Waals surface area contributed by atoms with Crippen molar-refractivity contribution in [3.63, 3.8) is 0 Å². The van der Waals surface area contributed by atoms with E-state index >= 15 is 0 Å². The zero-order valence-electron chi connectivity index (χ0n) is 16.5. The van der Waals surface area contributed by atoms with Crippen LogP contribution in [0, 0.1) is 6.92 Å². The highest BCUT2D eigenvalue weighted by Gasteiger charge is 2.16. The molecule has 3 N–H and O–H groups in total. The molecule has 154 valence electrons. The molecule has 4 aromatic rings. The van der Waals surface area contributed by atoms with Crippen molar-refractivity contribution in [1.29, 1.82) is 0 Å². The second-order valence-corrected chi connectivity index (χ2v) is 8.54. The van der Waals surface area contributed by atoms with Crippen LogP contribution in [0.4, 0.5) is 23.0 Å². The number of aryl methyl sites for hydroxylation is 1. The SMILES string of the molecule is COc1ccc(Nc2cc(Nc3ccccc3S(C)(=O)=O)c3nc(C)[nH]c3n2)nn1. The van der Waals surface area contributed by atoms with E-state index in [2.05, 4.69) is 35.8 Å². The smallest absolute Gasteiger partial charge is 0.233 e. The van der Waals surface area contributed by atoms with E-state index in [0.29, 0.717) is 45.9 Å². The molecule has 0 fully saturated rings. The first-order valence-corrected chi connectivity index (χ1v) is 10.8. The molecule has 0 atom stereocenters. The van der Waals surface area contributed by atoms with Gasteiger partial charge in [0.15, 0.2) is 21.3 Å². The lowest BCUT2D eigenvalue weighted by Crippen LogP contribution is -2.04. The number of sulfone groups is 1. The summed E-state index contributed by atoms with van der Waals surface area (Å²) in [5.41, 5.74) is 2.16. The molecular weight excluding hydrogens is 406 g/mol. The van der Waals surface area contributed by atoms with Crippen LogP contribution in [0.5, 0.6) is 5.88 Å². The number of imidazole rings is 1. The normalized spacial score (nSPS) is 11.4. The van der Waals surface area contributed by atoms with Gasteiger partial charge in [0.2, 0.25) is 5.88 Å². The van der Waals surface area contributed by atoms with Gasteiger partial charge in [0.1, 0.15) is 17.2 Å². The monoisotopic (exact) mass is 425 g/mol. The molecule has 0 bridgehead atoms. The minimum atomic E-state index is -3.42. The maximum Gasteiger partial charge on any atom is 0.233 e. The third-order valence-corrected chi connectivity index (χ3v) is 5.39. The van der Waals surface area contributed by atoms with E-state index in [-0.39, 0.29) is 4.90 Å². The Balaban J connectivity index is 1.76. The number of aromatic nitrogens is 5. The van der Waals surface area contributed by atoms with Crippen LogP contribution in [-0.2, 0) is 9.84 Å². The molecule has 0 aliphatic rings. The lowest BCUT2D eigenvalue weighted by molar-refractivity contribution is 0.392. The highest BCUT2D eigenvalue weighted by Crippen LogP contribution is 2.31. The molecule has 0 amide bonds. The number of hydrogen-bond acceptors (Lipinski definition) is 9. The van der Waals surface area contributed by atoms with Crippen molar-refractivity contribution in [3.05, 3.63) is 48.3 Å². The van der Waals surface area contributed by atoms with Gasteiger partial charge in [-0.2, -0.15) is 0 Å². The molecule has 30 heavy (non-hydrogen) atoms. The van der Waals surface area contributed by atoms with E-state index in [1.165, 1.54) is 13.4 Å². The first-order valence-electron chi connectivity index (χ1n) is 8.92. The Bertz CT molecular complexity index is 1320. The molecule has 0 spiro atoms. The van der Waals surface area contributed by atoms with Crippen LogP contribution in [0.15, 0.2) is 47.4 Å². The van der Waals surface area contributed by atoms with Crippen molar-refractivity contribution in [2.24, 2.45) is 0 Å². The third kappa shape index (κ3) is 4.01. The van der Waals surface area contributed by atoms with Gasteiger partial charge in [-0.25, -0.2) is 18.4 Å². The highest BCUT2D eigenvalue weighted by molar-refractivity contribution is 7.90. The number of H-pyrrole nitrogens is 1. The van der Waals surface area contributed by atoms with E-state index in [9.17, 15) is 8.42 Å². The van der Waals surface area contributed by atoms with Gasteiger partial charge >= 0.3 is 0 Å². The summed E-state index contributed by atoms with van der Waals surface area (Å²) >= 11 is 0. The summed E-state index contributed by atoms with van der Waals surface area (Å²) in [6.45, 7) is 1.82. The molecule has 0 aliphatic carbocycles. The van der Waals surface area contributed by atoms with E-state index in [4.69, 9.17) is 4.74 Å². The number of rotatable bonds is 6. The number of anilines is 4. The number of nitrogens with zero attached hydrogens (tertiary/aromatic N) is 4. The summed E-state index contributed by atoms with van der Waals surface area (Å²) < 4.78 is 29.3. The van der Waals surface area contributed by atoms with E-state index in [1.54, 1.807) is 42.5 Å². The van der Waals surface area contributed by atoms with Crippen LogP contribution in [0.25, 0.3) is 11.2 Å². The Hall–Kier alpha value is -3.73. The van der Waals surface area contributed by atoms with Crippen LogP contribution in [-0.4, -0.2) is 46.9 Å². The summed E-state index contributed by atoms with van der Waals surface area (Å²) in [5, 5.41) is 14.2. The molecule has 0 saturated carbocycles. The molecule has 0 saturated heterocycles. The molecule has 1 aromatic carbocycles. The number of pyridine rings is 1. The largest absolute Gasteiger partial charge is 0.480 e. The van der Waals surface area contributed by atoms with Crippen LogP contribution in [0.3, 0.4) is 0 Å². The van der Waals surface area contributed by atoms with Gasteiger partial charge in [0.05, 0.1) is 23.4 Å². The molecule has 0 radical (unpaired) electrons. The Labute approximate surface area is 172 Å². The van der Waals surface area contributed by atoms with E-state index in [0.717, 1.165) is 0 Å². The first-order chi connectivity index (χ1) is 14.3. The molecule has 11 heteroatoms. The third-order valence-electron chi connectivity index (χ3n) is 4.23. The minimum Gasteiger partial charge on any atom is -0.480 e. The maximum atomic E-state index is 12.2. The number of benzene rings is 1. The van der Waals surface area contributed by atoms with E-state index in [1.807, 2.05) is 6.92 Å². The quantitative estimate of drug-likeness (QED) is 0.426. The maximum absolute atomic E-state index is 12.2. The number of hydrogen-bond donors (Lipinski definition) is 3. The molecule has 0 aliphatic heterocycles. The molecule has 10 nitrogen and oxygen atoms in total. The lowest BCUT2D eigenvalue weighted by Gasteiger charge is -2.13. The fraction of sp³-hybridized carbons (Fsp3) is 0.158. The van der Waals surface area contributed by atoms with Gasteiger partial charge in [-0.15, -0.1) is 10.2 Å². The summed E-state index contributed by atoms with van der Waals surface area (Å²) in [5.74, 6) is 2.03. The van der Waals surface area contributed by atoms with Gasteiger partial charge in [0, 0.05) is 18.4 Å². The van der Waals surface area contributed by atoms with Gasteiger partial charge in [-0.1, -0.05) is 12.1 Å². The number of ether oxygens (including phenoxy) is 1. The minimum absolute atomic E-state index is 0.192. The zero-order chi connectivity index (χ0) is 21.3. The van der Waals surface area contributed by atoms with Gasteiger partial charge in [-0.3, -0.25) is 0 Å². The fourth-order valence-corrected chi connectivity index (χ4v) is 3.77. The average Bonchev–Trinajstić information content (AvgIpc) is 3.09. The van der Waals surface area contributed by atoms with Crippen molar-refractivity contribution in [1.82, 2.24) is 25.1 Å². The zero-order valence-corrected chi connectivity index (χ0v) is 17.3. The summed E-state index contributed by atoms with van der Waals surface area (Å²) in [6.07, 6.45) is 1.17. The molecule has 0 unspecified atom stereocenters. The van der Waals surface area contributed by atoms with Gasteiger partial charge in [-0.05, 0) is 25.1 Å². The lowest BCUT2D eigenvalue weighted by atomic mass is 10.2. The molecule has 3 heterocycles. The van der Waals surface area contributed by atoms with Crippen LogP contribution < -0.4 is 15.4 Å². The Morgan fingerprint density at radius 2 is 1.77 bits per heavy atom. The number of nitrogens with one attached hydrogen (secondary N) is 3. The summed E-state index contributed by atoms with van der Waals surface area (Å²) in [4.78, 5) is 12.3. The first kappa shape index (κ1) is 19.6. The van der Waals surface area contributed by atoms with Crippen LogP contribution in [0.2, 0.25) is 0 Å². The van der Waals surface area contributed by atoms with E-state index < -0.39 is 9.84 Å². The standard InChI is InChI=1S/C19H19N7O3S/c1-11-20-18-13(22-12-6-4-5-7-14(12)30(3,27)28)10-16(24-19(18)21-11)23-15-8-9-17(29-2)26-25-15/h4-10H,1-3H3,(H3,20,21,22,23,24,25). The van der Waals surface area contributed by atoms with Crippen LogP contribution in [0.1, 0.15) is 5.82 Å². The number of fused-ring (bicyclic) bond motifs is 1. The molecule has 4 rings (SSSR count). The highest BCUT2D eigenvalue weighted by atomic mass is 32.2. The Kier molecular flexibility index (Phi) is 4.96. The molecule has 3 aromatic heterocycles. The van der Waals surface area contributed by atoms with Crippen molar-refractivity contribution in [3.8, 4) is 5.88 Å². The fourth-order valence-electron chi connectivity index (χ4n) is 2.93. The average molecular weight is 425 g/mol. The molecular formula is C19H19N7O3S. The number of methoxy groups -OCH3 is 1. The second-order valence-electron chi connectivity index (χ2n) is 6.55. The second kappa shape index (κ2) is 7.59.